The Morgan fingerprint density at radius 3 is 2.52 bits per heavy atom. The van der Waals surface area contributed by atoms with Gasteiger partial charge in [-0.15, -0.1) is 0 Å². The van der Waals surface area contributed by atoms with Crippen molar-refractivity contribution < 1.29 is 4.79 Å². The molecule has 0 saturated carbocycles. The van der Waals surface area contributed by atoms with Crippen molar-refractivity contribution in [2.24, 2.45) is 0 Å². The summed E-state index contributed by atoms with van der Waals surface area (Å²) in [5.74, 6) is 0.573. The summed E-state index contributed by atoms with van der Waals surface area (Å²) < 4.78 is 0. The molecule has 1 aromatic carbocycles. The molecule has 4 nitrogen and oxygen atoms in total. The van der Waals surface area contributed by atoms with Gasteiger partial charge in [-0.05, 0) is 31.0 Å². The Balaban J connectivity index is 2.11. The van der Waals surface area contributed by atoms with Gasteiger partial charge in [0, 0.05) is 6.54 Å². The van der Waals surface area contributed by atoms with Gasteiger partial charge in [-0.25, -0.2) is 4.98 Å². The predicted octanol–water partition coefficient (Wildman–Crippen LogP) is 3.39. The maximum Gasteiger partial charge on any atom is 0.270 e. The second-order valence-corrected chi connectivity index (χ2v) is 4.78. The highest BCUT2D eigenvalue weighted by Crippen LogP contribution is 2.16. The number of pyridine rings is 1. The van der Waals surface area contributed by atoms with E-state index in [1.807, 2.05) is 49.4 Å². The third kappa shape index (κ3) is 4.05. The van der Waals surface area contributed by atoms with E-state index in [2.05, 4.69) is 22.5 Å². The van der Waals surface area contributed by atoms with Crippen LogP contribution in [0.25, 0.3) is 0 Å². The summed E-state index contributed by atoms with van der Waals surface area (Å²) in [6.07, 6.45) is 0.836. The lowest BCUT2D eigenvalue weighted by atomic mass is 10.0. The first-order valence-corrected chi connectivity index (χ1v) is 7.31. The second-order valence-electron chi connectivity index (χ2n) is 4.78. The first-order chi connectivity index (χ1) is 10.2. The highest BCUT2D eigenvalue weighted by molar-refractivity contribution is 5.92. The van der Waals surface area contributed by atoms with Crippen molar-refractivity contribution in [2.75, 3.05) is 11.9 Å². The average molecular weight is 283 g/mol. The van der Waals surface area contributed by atoms with Gasteiger partial charge in [0.1, 0.15) is 11.5 Å². The minimum absolute atomic E-state index is 0.00305. The minimum atomic E-state index is -0.148. The number of aromatic nitrogens is 1. The maximum absolute atomic E-state index is 12.3. The summed E-state index contributed by atoms with van der Waals surface area (Å²) >= 11 is 0. The van der Waals surface area contributed by atoms with E-state index in [-0.39, 0.29) is 11.9 Å². The van der Waals surface area contributed by atoms with Crippen molar-refractivity contribution in [3.05, 3.63) is 59.8 Å². The minimum Gasteiger partial charge on any atom is -0.370 e. The van der Waals surface area contributed by atoms with Gasteiger partial charge in [-0.2, -0.15) is 0 Å². The number of hydrogen-bond acceptors (Lipinski definition) is 3. The number of anilines is 1. The standard InChI is InChI=1S/C17H21N3O/c1-3-14(13-9-6-5-7-10-13)20-17(21)15-11-8-12-16(19-15)18-4-2/h5-12,14H,3-4H2,1-2H3,(H,18,19)(H,20,21). The van der Waals surface area contributed by atoms with Crippen LogP contribution in [0, 0.1) is 0 Å². The zero-order valence-electron chi connectivity index (χ0n) is 12.5. The van der Waals surface area contributed by atoms with E-state index in [1.165, 1.54) is 0 Å². The molecule has 2 rings (SSSR count). The Hall–Kier alpha value is -2.36. The van der Waals surface area contributed by atoms with Gasteiger partial charge in [0.25, 0.3) is 5.91 Å². The second kappa shape index (κ2) is 7.43. The zero-order valence-corrected chi connectivity index (χ0v) is 12.5. The molecule has 2 N–H and O–H groups in total. The van der Waals surface area contributed by atoms with E-state index in [0.717, 1.165) is 24.3 Å². The first-order valence-electron chi connectivity index (χ1n) is 7.31. The third-order valence-electron chi connectivity index (χ3n) is 3.26. The van der Waals surface area contributed by atoms with Gasteiger partial charge in [-0.1, -0.05) is 43.3 Å². The van der Waals surface area contributed by atoms with Crippen molar-refractivity contribution in [3.8, 4) is 0 Å². The van der Waals surface area contributed by atoms with Crippen molar-refractivity contribution >= 4 is 11.7 Å². The summed E-state index contributed by atoms with van der Waals surface area (Å²) in [5.41, 5.74) is 1.54. The molecule has 1 atom stereocenters. The number of hydrogen-bond donors (Lipinski definition) is 2. The highest BCUT2D eigenvalue weighted by Gasteiger charge is 2.15. The molecule has 0 aliphatic carbocycles. The summed E-state index contributed by atoms with van der Waals surface area (Å²) in [6, 6.07) is 15.4. The molecule has 1 aromatic heterocycles. The van der Waals surface area contributed by atoms with Gasteiger partial charge < -0.3 is 10.6 Å². The lowest BCUT2D eigenvalue weighted by Gasteiger charge is -2.17. The zero-order chi connectivity index (χ0) is 15.1. The number of nitrogens with one attached hydrogen (secondary N) is 2. The van der Waals surface area contributed by atoms with Crippen LogP contribution in [0.5, 0.6) is 0 Å². The number of nitrogens with zero attached hydrogens (tertiary/aromatic N) is 1. The van der Waals surface area contributed by atoms with Crippen LogP contribution in [-0.4, -0.2) is 17.4 Å². The van der Waals surface area contributed by atoms with E-state index >= 15 is 0 Å². The fraction of sp³-hybridized carbons (Fsp3) is 0.294. The third-order valence-corrected chi connectivity index (χ3v) is 3.26. The first kappa shape index (κ1) is 15.0. The largest absolute Gasteiger partial charge is 0.370 e. The van der Waals surface area contributed by atoms with E-state index in [1.54, 1.807) is 6.07 Å². The molecule has 1 heterocycles. The summed E-state index contributed by atoms with van der Waals surface area (Å²) in [5, 5.41) is 6.15. The number of rotatable bonds is 6. The van der Waals surface area contributed by atoms with Crippen LogP contribution >= 0.6 is 0 Å². The molecule has 0 bridgehead atoms. The van der Waals surface area contributed by atoms with E-state index in [9.17, 15) is 4.79 Å². The molecule has 0 aliphatic rings. The number of benzene rings is 1. The molecule has 0 fully saturated rings. The predicted molar refractivity (Wildman–Crippen MR) is 85.3 cm³/mol. The van der Waals surface area contributed by atoms with Crippen molar-refractivity contribution in [1.29, 1.82) is 0 Å². The molecule has 0 saturated heterocycles. The van der Waals surface area contributed by atoms with Crippen molar-refractivity contribution in [3.63, 3.8) is 0 Å². The highest BCUT2D eigenvalue weighted by atomic mass is 16.1. The molecule has 1 unspecified atom stereocenters. The van der Waals surface area contributed by atoms with E-state index in [0.29, 0.717) is 5.69 Å². The molecule has 0 radical (unpaired) electrons. The maximum atomic E-state index is 12.3. The molecule has 0 aliphatic heterocycles. The SMILES string of the molecule is CCNc1cccc(C(=O)NC(CC)c2ccccc2)n1. The van der Waals surface area contributed by atoms with Crippen molar-refractivity contribution in [2.45, 2.75) is 26.3 Å². The van der Waals surface area contributed by atoms with Crippen LogP contribution in [-0.2, 0) is 0 Å². The van der Waals surface area contributed by atoms with Crippen molar-refractivity contribution in [1.82, 2.24) is 10.3 Å². The van der Waals surface area contributed by atoms with Crippen LogP contribution in [0.3, 0.4) is 0 Å². The Labute approximate surface area is 125 Å². The van der Waals surface area contributed by atoms with E-state index in [4.69, 9.17) is 0 Å². The Morgan fingerprint density at radius 2 is 1.86 bits per heavy atom. The average Bonchev–Trinajstić information content (AvgIpc) is 2.54. The Kier molecular flexibility index (Phi) is 5.32. The molecule has 21 heavy (non-hydrogen) atoms. The molecule has 4 heteroatoms. The van der Waals surface area contributed by atoms with Crippen LogP contribution < -0.4 is 10.6 Å². The topological polar surface area (TPSA) is 54.0 Å². The molecule has 1 amide bonds. The van der Waals surface area contributed by atoms with Gasteiger partial charge in [0.2, 0.25) is 0 Å². The monoisotopic (exact) mass is 283 g/mol. The smallest absolute Gasteiger partial charge is 0.270 e. The molecule has 110 valence electrons. The molecule has 2 aromatic rings. The van der Waals surface area contributed by atoms with Crippen LogP contribution in [0.1, 0.15) is 42.4 Å². The number of amides is 1. The van der Waals surface area contributed by atoms with Crippen LogP contribution in [0.15, 0.2) is 48.5 Å². The van der Waals surface area contributed by atoms with Gasteiger partial charge in [0.05, 0.1) is 6.04 Å². The number of carbonyl (C=O) groups is 1. The normalized spacial score (nSPS) is 11.7. The molecule has 0 spiro atoms. The van der Waals surface area contributed by atoms with Crippen LogP contribution in [0.2, 0.25) is 0 Å². The summed E-state index contributed by atoms with van der Waals surface area (Å²) in [4.78, 5) is 16.7. The Bertz CT molecular complexity index is 584. The lowest BCUT2D eigenvalue weighted by Crippen LogP contribution is -2.29. The quantitative estimate of drug-likeness (QED) is 0.854. The van der Waals surface area contributed by atoms with E-state index < -0.39 is 0 Å². The lowest BCUT2D eigenvalue weighted by molar-refractivity contribution is 0.0930. The number of carbonyl (C=O) groups excluding carboxylic acids is 1. The van der Waals surface area contributed by atoms with Crippen LogP contribution in [0.4, 0.5) is 5.82 Å². The summed E-state index contributed by atoms with van der Waals surface area (Å²) in [7, 11) is 0. The molecular weight excluding hydrogens is 262 g/mol. The summed E-state index contributed by atoms with van der Waals surface area (Å²) in [6.45, 7) is 4.83. The Morgan fingerprint density at radius 1 is 1.10 bits per heavy atom. The van der Waals surface area contributed by atoms with Gasteiger partial charge in [0.15, 0.2) is 0 Å². The van der Waals surface area contributed by atoms with Gasteiger partial charge >= 0.3 is 0 Å². The fourth-order valence-corrected chi connectivity index (χ4v) is 2.18. The van der Waals surface area contributed by atoms with Gasteiger partial charge in [-0.3, -0.25) is 4.79 Å². The fourth-order valence-electron chi connectivity index (χ4n) is 2.18. The molecular formula is C17H21N3O.